The molecular formula is C9H20N2O4S2. The summed E-state index contributed by atoms with van der Waals surface area (Å²) in [5.74, 6) is -0.695. The zero-order valence-corrected chi connectivity index (χ0v) is 11.6. The maximum Gasteiger partial charge on any atom is 0.212 e. The number of sulfonamides is 1. The second-order valence-corrected chi connectivity index (χ2v) is 8.63. The van der Waals surface area contributed by atoms with Gasteiger partial charge in [0.25, 0.3) is 0 Å². The van der Waals surface area contributed by atoms with Crippen molar-refractivity contribution in [1.29, 1.82) is 0 Å². The van der Waals surface area contributed by atoms with Crippen LogP contribution in [0.3, 0.4) is 0 Å². The van der Waals surface area contributed by atoms with Gasteiger partial charge in [0.05, 0.1) is 11.5 Å². The number of hydrogen-bond donors (Lipinski definition) is 2. The van der Waals surface area contributed by atoms with E-state index in [4.69, 9.17) is 0 Å². The Labute approximate surface area is 103 Å². The summed E-state index contributed by atoms with van der Waals surface area (Å²) in [6.07, 6.45) is 4.21. The molecule has 1 heterocycles. The SMILES string of the molecule is CS(=O)(=O)CCS(=O)(=O)NCC1CCCCN1. The first-order valence-electron chi connectivity index (χ1n) is 5.67. The van der Waals surface area contributed by atoms with Gasteiger partial charge in [0.2, 0.25) is 10.0 Å². The molecule has 0 saturated carbocycles. The van der Waals surface area contributed by atoms with Crippen molar-refractivity contribution in [3.05, 3.63) is 0 Å². The molecule has 0 aromatic rings. The van der Waals surface area contributed by atoms with E-state index in [-0.39, 0.29) is 17.5 Å². The minimum atomic E-state index is -3.48. The summed E-state index contributed by atoms with van der Waals surface area (Å²) < 4.78 is 47.2. The van der Waals surface area contributed by atoms with Gasteiger partial charge in [-0.2, -0.15) is 0 Å². The van der Waals surface area contributed by atoms with E-state index < -0.39 is 19.9 Å². The van der Waals surface area contributed by atoms with Crippen LogP contribution in [0, 0.1) is 0 Å². The smallest absolute Gasteiger partial charge is 0.212 e. The molecule has 1 aliphatic rings. The molecule has 8 heteroatoms. The Kier molecular flexibility index (Phi) is 5.36. The average molecular weight is 284 g/mol. The molecule has 1 saturated heterocycles. The van der Waals surface area contributed by atoms with Crippen molar-refractivity contribution in [2.45, 2.75) is 25.3 Å². The Morgan fingerprint density at radius 2 is 1.88 bits per heavy atom. The molecule has 0 radical (unpaired) electrons. The van der Waals surface area contributed by atoms with Gasteiger partial charge in [-0.3, -0.25) is 0 Å². The topological polar surface area (TPSA) is 92.3 Å². The maximum absolute atomic E-state index is 11.5. The number of sulfone groups is 1. The summed E-state index contributed by atoms with van der Waals surface area (Å²) in [5, 5.41) is 3.22. The van der Waals surface area contributed by atoms with Gasteiger partial charge in [-0.25, -0.2) is 21.6 Å². The molecule has 1 atom stereocenters. The molecule has 2 N–H and O–H groups in total. The molecule has 0 aromatic heterocycles. The van der Waals surface area contributed by atoms with Crippen LogP contribution in [-0.2, 0) is 19.9 Å². The molecule has 0 bridgehead atoms. The van der Waals surface area contributed by atoms with E-state index >= 15 is 0 Å². The fourth-order valence-corrected chi connectivity index (χ4v) is 4.35. The lowest BCUT2D eigenvalue weighted by atomic mass is 10.1. The van der Waals surface area contributed by atoms with Gasteiger partial charge >= 0.3 is 0 Å². The molecule has 1 fully saturated rings. The van der Waals surface area contributed by atoms with Gasteiger partial charge in [0.15, 0.2) is 0 Å². The van der Waals surface area contributed by atoms with E-state index in [1.165, 1.54) is 0 Å². The average Bonchev–Trinajstić information content (AvgIpc) is 2.25. The minimum Gasteiger partial charge on any atom is -0.313 e. The summed E-state index contributed by atoms with van der Waals surface area (Å²) in [6, 6.07) is 0.164. The summed E-state index contributed by atoms with van der Waals surface area (Å²) >= 11 is 0. The normalized spacial score (nSPS) is 22.5. The first kappa shape index (κ1) is 14.9. The van der Waals surface area contributed by atoms with Gasteiger partial charge in [0.1, 0.15) is 9.84 Å². The number of hydrogen-bond acceptors (Lipinski definition) is 5. The molecule has 0 spiro atoms. The largest absolute Gasteiger partial charge is 0.313 e. The summed E-state index contributed by atoms with van der Waals surface area (Å²) in [7, 11) is -6.72. The minimum absolute atomic E-state index is 0.164. The predicted molar refractivity (Wildman–Crippen MR) is 67.1 cm³/mol. The lowest BCUT2D eigenvalue weighted by Crippen LogP contribution is -2.44. The zero-order valence-electron chi connectivity index (χ0n) is 9.98. The molecule has 1 aliphatic heterocycles. The predicted octanol–water partition coefficient (Wildman–Crippen LogP) is -0.907. The van der Waals surface area contributed by atoms with Crippen LogP contribution in [0.1, 0.15) is 19.3 Å². The second-order valence-electron chi connectivity index (χ2n) is 4.44. The fraction of sp³-hybridized carbons (Fsp3) is 1.00. The lowest BCUT2D eigenvalue weighted by molar-refractivity contribution is 0.398. The van der Waals surface area contributed by atoms with Crippen LogP contribution in [0.5, 0.6) is 0 Å². The Balaban J connectivity index is 2.33. The highest BCUT2D eigenvalue weighted by molar-refractivity contribution is 7.93. The van der Waals surface area contributed by atoms with E-state index in [0.717, 1.165) is 32.1 Å². The van der Waals surface area contributed by atoms with Crippen LogP contribution in [0.25, 0.3) is 0 Å². The van der Waals surface area contributed by atoms with Gasteiger partial charge in [-0.15, -0.1) is 0 Å². The summed E-state index contributed by atoms with van der Waals surface area (Å²) in [6.45, 7) is 1.25. The van der Waals surface area contributed by atoms with Crippen LogP contribution in [-0.4, -0.2) is 53.7 Å². The monoisotopic (exact) mass is 284 g/mol. The molecular weight excluding hydrogens is 264 g/mol. The highest BCUT2D eigenvalue weighted by Crippen LogP contribution is 2.06. The molecule has 17 heavy (non-hydrogen) atoms. The third-order valence-corrected chi connectivity index (χ3v) is 5.24. The van der Waals surface area contributed by atoms with Crippen molar-refractivity contribution in [3.63, 3.8) is 0 Å². The van der Waals surface area contributed by atoms with E-state index in [2.05, 4.69) is 10.0 Å². The molecule has 6 nitrogen and oxygen atoms in total. The van der Waals surface area contributed by atoms with E-state index in [1.807, 2.05) is 0 Å². The van der Waals surface area contributed by atoms with Crippen molar-refractivity contribution < 1.29 is 16.8 Å². The molecule has 0 aliphatic carbocycles. The first-order valence-corrected chi connectivity index (χ1v) is 9.38. The highest BCUT2D eigenvalue weighted by atomic mass is 32.2. The van der Waals surface area contributed by atoms with Crippen LogP contribution < -0.4 is 10.0 Å². The highest BCUT2D eigenvalue weighted by Gasteiger charge is 2.18. The van der Waals surface area contributed by atoms with Crippen LogP contribution in [0.2, 0.25) is 0 Å². The Bertz CT molecular complexity index is 424. The standard InChI is InChI=1S/C9H20N2O4S2/c1-16(12,13)6-7-17(14,15)11-8-9-4-2-3-5-10-9/h9-11H,2-8H2,1H3. The van der Waals surface area contributed by atoms with Crippen LogP contribution in [0.15, 0.2) is 0 Å². The quantitative estimate of drug-likeness (QED) is 0.659. The zero-order chi connectivity index (χ0) is 12.9. The van der Waals surface area contributed by atoms with Crippen LogP contribution >= 0.6 is 0 Å². The van der Waals surface area contributed by atoms with Crippen molar-refractivity contribution in [3.8, 4) is 0 Å². The van der Waals surface area contributed by atoms with Crippen LogP contribution in [0.4, 0.5) is 0 Å². The number of nitrogens with one attached hydrogen (secondary N) is 2. The number of piperidine rings is 1. The van der Waals surface area contributed by atoms with E-state index in [1.54, 1.807) is 0 Å². The Morgan fingerprint density at radius 1 is 1.18 bits per heavy atom. The van der Waals surface area contributed by atoms with Crippen molar-refractivity contribution in [1.82, 2.24) is 10.0 Å². The van der Waals surface area contributed by atoms with Gasteiger partial charge in [-0.05, 0) is 19.4 Å². The second kappa shape index (κ2) is 6.12. The fourth-order valence-electron chi connectivity index (χ4n) is 1.66. The van der Waals surface area contributed by atoms with Crippen molar-refractivity contribution in [2.24, 2.45) is 0 Å². The maximum atomic E-state index is 11.5. The Hall–Kier alpha value is -0.180. The number of rotatable bonds is 6. The molecule has 1 unspecified atom stereocenters. The molecule has 0 aromatic carbocycles. The summed E-state index contributed by atoms with van der Waals surface area (Å²) in [5.41, 5.74) is 0. The third-order valence-electron chi connectivity index (χ3n) is 2.68. The lowest BCUT2D eigenvalue weighted by Gasteiger charge is -2.23. The van der Waals surface area contributed by atoms with Gasteiger partial charge in [-0.1, -0.05) is 6.42 Å². The van der Waals surface area contributed by atoms with Gasteiger partial charge < -0.3 is 5.32 Å². The Morgan fingerprint density at radius 3 is 2.41 bits per heavy atom. The van der Waals surface area contributed by atoms with Crippen molar-refractivity contribution in [2.75, 3.05) is 30.9 Å². The van der Waals surface area contributed by atoms with E-state index in [0.29, 0.717) is 6.54 Å². The summed E-state index contributed by atoms with van der Waals surface area (Å²) in [4.78, 5) is 0. The van der Waals surface area contributed by atoms with Crippen molar-refractivity contribution >= 4 is 19.9 Å². The van der Waals surface area contributed by atoms with E-state index in [9.17, 15) is 16.8 Å². The first-order chi connectivity index (χ1) is 7.79. The molecule has 0 amide bonds. The van der Waals surface area contributed by atoms with Gasteiger partial charge in [0, 0.05) is 18.8 Å². The third kappa shape index (κ3) is 6.97. The molecule has 102 valence electrons. The molecule has 1 rings (SSSR count).